The van der Waals surface area contributed by atoms with Gasteiger partial charge in [0.2, 0.25) is 0 Å². The van der Waals surface area contributed by atoms with Gasteiger partial charge in [-0.25, -0.2) is 0 Å². The molecule has 0 amide bonds. The molecule has 1 saturated carbocycles. The van der Waals surface area contributed by atoms with Crippen LogP contribution >= 0.6 is 0 Å². The number of rotatable bonds is 7. The van der Waals surface area contributed by atoms with E-state index in [1.54, 1.807) is 0 Å². The summed E-state index contributed by atoms with van der Waals surface area (Å²) in [6.45, 7) is 4.62. The van der Waals surface area contributed by atoms with E-state index in [0.717, 1.165) is 30.6 Å². The summed E-state index contributed by atoms with van der Waals surface area (Å²) in [5.41, 5.74) is 7.64. The average molecular weight is 277 g/mol. The molecule has 4 nitrogen and oxygen atoms in total. The lowest BCUT2D eigenvalue weighted by Crippen LogP contribution is -2.33. The van der Waals surface area contributed by atoms with Crippen LogP contribution in [0.4, 0.5) is 11.4 Å². The third-order valence-corrected chi connectivity index (χ3v) is 4.06. The fourth-order valence-electron chi connectivity index (χ4n) is 2.83. The minimum Gasteiger partial charge on any atom is -0.492 e. The lowest BCUT2D eigenvalue weighted by Gasteiger charge is -2.24. The second-order valence-corrected chi connectivity index (χ2v) is 5.53. The van der Waals surface area contributed by atoms with Crippen molar-refractivity contribution in [2.45, 2.75) is 38.6 Å². The van der Waals surface area contributed by atoms with Crippen molar-refractivity contribution in [2.75, 3.05) is 37.8 Å². The summed E-state index contributed by atoms with van der Waals surface area (Å²) in [5, 5.41) is 3.45. The molecule has 2 rings (SSSR count). The first kappa shape index (κ1) is 15.0. The number of nitrogen functional groups attached to an aromatic ring is 1. The highest BCUT2D eigenvalue weighted by atomic mass is 16.5. The van der Waals surface area contributed by atoms with Crippen molar-refractivity contribution in [3.8, 4) is 5.75 Å². The van der Waals surface area contributed by atoms with Gasteiger partial charge in [0.25, 0.3) is 0 Å². The number of benzene rings is 1. The van der Waals surface area contributed by atoms with Crippen LogP contribution in [0.3, 0.4) is 0 Å². The van der Waals surface area contributed by atoms with Crippen molar-refractivity contribution in [3.05, 3.63) is 18.2 Å². The Kier molecular flexibility index (Phi) is 5.53. The summed E-state index contributed by atoms with van der Waals surface area (Å²) >= 11 is 0. The van der Waals surface area contributed by atoms with Crippen molar-refractivity contribution in [3.63, 3.8) is 0 Å². The van der Waals surface area contributed by atoms with Crippen molar-refractivity contribution >= 4 is 11.4 Å². The Balaban J connectivity index is 1.79. The maximum absolute atomic E-state index is 5.87. The second-order valence-electron chi connectivity index (χ2n) is 5.53. The van der Waals surface area contributed by atoms with Gasteiger partial charge in [-0.2, -0.15) is 0 Å². The van der Waals surface area contributed by atoms with Crippen molar-refractivity contribution < 1.29 is 4.74 Å². The van der Waals surface area contributed by atoms with E-state index in [-0.39, 0.29) is 0 Å². The third kappa shape index (κ3) is 4.04. The van der Waals surface area contributed by atoms with Crippen molar-refractivity contribution in [2.24, 2.45) is 0 Å². The van der Waals surface area contributed by atoms with Gasteiger partial charge in [0.1, 0.15) is 5.75 Å². The normalized spacial score (nSPS) is 15.8. The van der Waals surface area contributed by atoms with Gasteiger partial charge < -0.3 is 20.7 Å². The molecule has 0 spiro atoms. The summed E-state index contributed by atoms with van der Waals surface area (Å²) in [6.07, 6.45) is 5.48. The standard InChI is InChI=1S/C16H27N3O/c1-3-20-16-12-13(8-9-15(16)17)18-10-11-19(2)14-6-4-5-7-14/h8-9,12,14,18H,3-7,10-11,17H2,1-2H3. The van der Waals surface area contributed by atoms with E-state index < -0.39 is 0 Å². The molecule has 4 heteroatoms. The number of likely N-dealkylation sites (N-methyl/N-ethyl adjacent to an activating group) is 1. The predicted octanol–water partition coefficient (Wildman–Crippen LogP) is 2.95. The number of nitrogens with zero attached hydrogens (tertiary/aromatic N) is 1. The zero-order valence-electron chi connectivity index (χ0n) is 12.7. The number of hydrogen-bond donors (Lipinski definition) is 2. The molecule has 0 heterocycles. The van der Waals surface area contributed by atoms with Crippen LogP contribution in [0.5, 0.6) is 5.75 Å². The number of anilines is 2. The van der Waals surface area contributed by atoms with Gasteiger partial charge in [0.05, 0.1) is 12.3 Å². The highest BCUT2D eigenvalue weighted by Crippen LogP contribution is 2.25. The first-order valence-corrected chi connectivity index (χ1v) is 7.67. The van der Waals surface area contributed by atoms with Crippen LogP contribution < -0.4 is 15.8 Å². The molecule has 1 aliphatic rings. The van der Waals surface area contributed by atoms with Gasteiger partial charge in [0.15, 0.2) is 0 Å². The third-order valence-electron chi connectivity index (χ3n) is 4.06. The summed E-state index contributed by atoms with van der Waals surface area (Å²) in [5.74, 6) is 0.765. The van der Waals surface area contributed by atoms with Gasteiger partial charge in [0, 0.05) is 30.9 Å². The molecule has 1 fully saturated rings. The van der Waals surface area contributed by atoms with Crippen molar-refractivity contribution in [1.29, 1.82) is 0 Å². The lowest BCUT2D eigenvalue weighted by molar-refractivity contribution is 0.254. The predicted molar refractivity (Wildman–Crippen MR) is 85.4 cm³/mol. The molecule has 112 valence electrons. The number of ether oxygens (including phenoxy) is 1. The Morgan fingerprint density at radius 1 is 1.35 bits per heavy atom. The van der Waals surface area contributed by atoms with Gasteiger partial charge in [-0.3, -0.25) is 0 Å². The van der Waals surface area contributed by atoms with E-state index in [1.807, 2.05) is 25.1 Å². The fraction of sp³-hybridized carbons (Fsp3) is 0.625. The van der Waals surface area contributed by atoms with Crippen LogP contribution in [-0.2, 0) is 0 Å². The van der Waals surface area contributed by atoms with Gasteiger partial charge in [-0.05, 0) is 38.9 Å². The van der Waals surface area contributed by atoms with Gasteiger partial charge in [-0.1, -0.05) is 12.8 Å². The fourth-order valence-corrected chi connectivity index (χ4v) is 2.83. The molecule has 0 saturated heterocycles. The molecule has 3 N–H and O–H groups in total. The number of nitrogens with two attached hydrogens (primary N) is 1. The summed E-state index contributed by atoms with van der Waals surface area (Å²) < 4.78 is 5.51. The molecular formula is C16H27N3O. The minimum absolute atomic E-state index is 0.637. The first-order chi connectivity index (χ1) is 9.70. The molecule has 20 heavy (non-hydrogen) atoms. The van der Waals surface area contributed by atoms with E-state index in [4.69, 9.17) is 10.5 Å². The lowest BCUT2D eigenvalue weighted by atomic mass is 10.2. The van der Waals surface area contributed by atoms with E-state index in [1.165, 1.54) is 25.7 Å². The largest absolute Gasteiger partial charge is 0.492 e. The smallest absolute Gasteiger partial charge is 0.144 e. The highest BCUT2D eigenvalue weighted by Gasteiger charge is 2.18. The van der Waals surface area contributed by atoms with Crippen LogP contribution in [0, 0.1) is 0 Å². The molecule has 0 radical (unpaired) electrons. The van der Waals surface area contributed by atoms with Crippen molar-refractivity contribution in [1.82, 2.24) is 4.90 Å². The Labute approximate surface area is 122 Å². The minimum atomic E-state index is 0.637. The molecule has 0 atom stereocenters. The Morgan fingerprint density at radius 2 is 2.10 bits per heavy atom. The van der Waals surface area contributed by atoms with Crippen LogP contribution in [0.25, 0.3) is 0 Å². The molecular weight excluding hydrogens is 250 g/mol. The molecule has 0 aliphatic heterocycles. The highest BCUT2D eigenvalue weighted by molar-refractivity contribution is 5.61. The summed E-state index contributed by atoms with van der Waals surface area (Å²) in [4.78, 5) is 2.47. The van der Waals surface area contributed by atoms with Gasteiger partial charge >= 0.3 is 0 Å². The second kappa shape index (κ2) is 7.39. The molecule has 0 aromatic heterocycles. The maximum Gasteiger partial charge on any atom is 0.144 e. The summed E-state index contributed by atoms with van der Waals surface area (Å²) in [7, 11) is 2.23. The SMILES string of the molecule is CCOc1cc(NCCN(C)C2CCCC2)ccc1N. The van der Waals surface area contributed by atoms with E-state index in [9.17, 15) is 0 Å². The molecule has 1 aromatic carbocycles. The van der Waals surface area contributed by atoms with E-state index >= 15 is 0 Å². The van der Waals surface area contributed by atoms with Crippen LogP contribution in [-0.4, -0.2) is 37.7 Å². The Morgan fingerprint density at radius 3 is 2.80 bits per heavy atom. The molecule has 0 bridgehead atoms. The van der Waals surface area contributed by atoms with E-state index in [2.05, 4.69) is 17.3 Å². The van der Waals surface area contributed by atoms with Crippen LogP contribution in [0.2, 0.25) is 0 Å². The molecule has 1 aliphatic carbocycles. The maximum atomic E-state index is 5.87. The van der Waals surface area contributed by atoms with Crippen LogP contribution in [0.15, 0.2) is 18.2 Å². The monoisotopic (exact) mass is 277 g/mol. The molecule has 1 aromatic rings. The number of hydrogen-bond acceptors (Lipinski definition) is 4. The van der Waals surface area contributed by atoms with E-state index in [0.29, 0.717) is 12.3 Å². The summed E-state index contributed by atoms with van der Waals surface area (Å²) in [6, 6.07) is 6.66. The zero-order valence-corrected chi connectivity index (χ0v) is 12.7. The Bertz CT molecular complexity index is 416. The quantitative estimate of drug-likeness (QED) is 0.752. The Hall–Kier alpha value is -1.42. The van der Waals surface area contributed by atoms with Crippen LogP contribution in [0.1, 0.15) is 32.6 Å². The zero-order chi connectivity index (χ0) is 14.4. The first-order valence-electron chi connectivity index (χ1n) is 7.67. The topological polar surface area (TPSA) is 50.5 Å². The average Bonchev–Trinajstić information content (AvgIpc) is 2.96. The number of nitrogens with one attached hydrogen (secondary N) is 1. The van der Waals surface area contributed by atoms with Gasteiger partial charge in [-0.15, -0.1) is 0 Å². The molecule has 0 unspecified atom stereocenters.